The first-order chi connectivity index (χ1) is 7.88. The first kappa shape index (κ1) is 14.9. The lowest BCUT2D eigenvalue weighted by Gasteiger charge is -2.17. The third kappa shape index (κ3) is 6.38. The number of hydrogen-bond donors (Lipinski definition) is 1. The van der Waals surface area contributed by atoms with Gasteiger partial charge in [0.15, 0.2) is 0 Å². The van der Waals surface area contributed by atoms with Crippen molar-refractivity contribution in [3.05, 3.63) is 0 Å². The lowest BCUT2D eigenvalue weighted by Crippen LogP contribution is -2.33. The molecule has 1 aliphatic rings. The average molecular weight is 262 g/mol. The molecule has 1 rings (SSSR count). The molecule has 0 amide bonds. The first-order valence-corrected chi connectivity index (χ1v) is 8.55. The van der Waals surface area contributed by atoms with Crippen LogP contribution in [0.25, 0.3) is 0 Å². The van der Waals surface area contributed by atoms with Crippen molar-refractivity contribution in [3.63, 3.8) is 0 Å². The van der Waals surface area contributed by atoms with Crippen molar-refractivity contribution in [3.8, 4) is 0 Å². The third-order valence-electron chi connectivity index (χ3n) is 3.51. The number of rotatable bonds is 7. The zero-order chi connectivity index (χ0) is 12.9. The lowest BCUT2D eigenvalue weighted by atomic mass is 9.95. The molecular weight excluding hydrogens is 236 g/mol. The molecule has 1 heterocycles. The first-order valence-electron chi connectivity index (χ1n) is 6.49. The molecule has 1 aliphatic heterocycles. The van der Waals surface area contributed by atoms with Gasteiger partial charge in [0.2, 0.25) is 0 Å². The largest absolute Gasteiger partial charge is 0.314 e. The molecule has 5 heteroatoms. The fraction of sp³-hybridized carbons (Fsp3) is 1.00. The van der Waals surface area contributed by atoms with Crippen molar-refractivity contribution >= 4 is 9.84 Å². The van der Waals surface area contributed by atoms with E-state index in [0.717, 1.165) is 24.9 Å². The Hall–Kier alpha value is -0.130. The van der Waals surface area contributed by atoms with Crippen LogP contribution in [0.4, 0.5) is 0 Å². The van der Waals surface area contributed by atoms with Crippen LogP contribution in [0.5, 0.6) is 0 Å². The number of nitrogens with one attached hydrogen (secondary N) is 1. The summed E-state index contributed by atoms with van der Waals surface area (Å²) in [6.07, 6.45) is 2.59. The molecule has 1 saturated heterocycles. The minimum absolute atomic E-state index is 0.238. The van der Waals surface area contributed by atoms with Crippen LogP contribution in [0, 0.1) is 11.8 Å². The van der Waals surface area contributed by atoms with Crippen molar-refractivity contribution in [1.29, 1.82) is 0 Å². The van der Waals surface area contributed by atoms with Crippen LogP contribution < -0.4 is 5.32 Å². The Bertz CT molecular complexity index is 314. The number of hydrogen-bond acceptors (Lipinski definition) is 4. The zero-order valence-corrected chi connectivity index (χ0v) is 12.1. The normalized spacial score (nSPS) is 22.5. The molecule has 0 aromatic rings. The van der Waals surface area contributed by atoms with Gasteiger partial charge < -0.3 is 10.2 Å². The van der Waals surface area contributed by atoms with Crippen molar-refractivity contribution < 1.29 is 8.42 Å². The fourth-order valence-corrected chi connectivity index (χ4v) is 2.74. The summed E-state index contributed by atoms with van der Waals surface area (Å²) in [6, 6.07) is 0. The molecule has 0 radical (unpaired) electrons. The summed E-state index contributed by atoms with van der Waals surface area (Å²) in [5.41, 5.74) is 0. The minimum atomic E-state index is -2.82. The van der Waals surface area contributed by atoms with Gasteiger partial charge in [0, 0.05) is 32.4 Å². The topological polar surface area (TPSA) is 49.4 Å². The monoisotopic (exact) mass is 262 g/mol. The number of sulfone groups is 1. The molecule has 0 spiro atoms. The Morgan fingerprint density at radius 1 is 1.35 bits per heavy atom. The maximum Gasteiger partial charge on any atom is 0.148 e. The molecule has 0 aromatic carbocycles. The number of likely N-dealkylation sites (tertiary alicyclic amines) is 1. The van der Waals surface area contributed by atoms with Gasteiger partial charge in [0.1, 0.15) is 9.84 Å². The molecule has 102 valence electrons. The molecule has 0 aromatic heterocycles. The molecule has 4 nitrogen and oxygen atoms in total. The van der Waals surface area contributed by atoms with Crippen LogP contribution in [0.15, 0.2) is 0 Å². The molecule has 17 heavy (non-hydrogen) atoms. The summed E-state index contributed by atoms with van der Waals surface area (Å²) in [6.45, 7) is 9.46. The van der Waals surface area contributed by atoms with Gasteiger partial charge in [-0.25, -0.2) is 8.42 Å². The van der Waals surface area contributed by atoms with Crippen LogP contribution in [0.1, 0.15) is 20.3 Å². The maximum atomic E-state index is 10.9. The SMILES string of the molecule is CC(C)C1CCN(CCNCCS(C)(=O)=O)C1. The second-order valence-electron chi connectivity index (χ2n) is 5.47. The average Bonchev–Trinajstić information content (AvgIpc) is 2.64. The Balaban J connectivity index is 2.05. The highest BCUT2D eigenvalue weighted by atomic mass is 32.2. The highest BCUT2D eigenvalue weighted by Crippen LogP contribution is 2.22. The van der Waals surface area contributed by atoms with Crippen LogP contribution in [0.3, 0.4) is 0 Å². The van der Waals surface area contributed by atoms with E-state index in [1.54, 1.807) is 0 Å². The fourth-order valence-electron chi connectivity index (χ4n) is 2.23. The summed E-state index contributed by atoms with van der Waals surface area (Å²) >= 11 is 0. The van der Waals surface area contributed by atoms with Gasteiger partial charge in [-0.1, -0.05) is 13.8 Å². The Morgan fingerprint density at radius 2 is 2.06 bits per heavy atom. The van der Waals surface area contributed by atoms with Crippen molar-refractivity contribution in [2.24, 2.45) is 11.8 Å². The Labute approximate surface area is 106 Å². The Kier molecular flexibility index (Phi) is 5.89. The summed E-state index contributed by atoms with van der Waals surface area (Å²) < 4.78 is 21.8. The van der Waals surface area contributed by atoms with Gasteiger partial charge in [0.05, 0.1) is 5.75 Å². The van der Waals surface area contributed by atoms with E-state index in [9.17, 15) is 8.42 Å². The summed E-state index contributed by atoms with van der Waals surface area (Å²) in [7, 11) is -2.82. The van der Waals surface area contributed by atoms with E-state index in [0.29, 0.717) is 6.54 Å². The van der Waals surface area contributed by atoms with E-state index < -0.39 is 9.84 Å². The maximum absolute atomic E-state index is 10.9. The van der Waals surface area contributed by atoms with Crippen LogP contribution in [-0.2, 0) is 9.84 Å². The van der Waals surface area contributed by atoms with Gasteiger partial charge in [0.25, 0.3) is 0 Å². The van der Waals surface area contributed by atoms with Gasteiger partial charge in [-0.15, -0.1) is 0 Å². The summed E-state index contributed by atoms with van der Waals surface area (Å²) in [4.78, 5) is 2.47. The van der Waals surface area contributed by atoms with Gasteiger partial charge >= 0.3 is 0 Å². The van der Waals surface area contributed by atoms with Crippen LogP contribution in [-0.4, -0.2) is 58.1 Å². The molecule has 0 bridgehead atoms. The molecule has 0 saturated carbocycles. The molecule has 1 unspecified atom stereocenters. The van der Waals surface area contributed by atoms with Crippen LogP contribution >= 0.6 is 0 Å². The quantitative estimate of drug-likeness (QED) is 0.683. The highest BCUT2D eigenvalue weighted by molar-refractivity contribution is 7.90. The predicted molar refractivity (Wildman–Crippen MR) is 72.0 cm³/mol. The molecule has 1 fully saturated rings. The van der Waals surface area contributed by atoms with Gasteiger partial charge in [-0.05, 0) is 24.8 Å². The van der Waals surface area contributed by atoms with E-state index in [2.05, 4.69) is 24.1 Å². The standard InChI is InChI=1S/C12H26N2O2S/c1-11(2)12-4-7-14(10-12)8-5-13-6-9-17(3,15)16/h11-13H,4-10H2,1-3H3. The molecular formula is C12H26N2O2S. The second-order valence-corrected chi connectivity index (χ2v) is 7.73. The third-order valence-corrected chi connectivity index (χ3v) is 4.45. The summed E-state index contributed by atoms with van der Waals surface area (Å²) in [5, 5.41) is 3.19. The van der Waals surface area contributed by atoms with Gasteiger partial charge in [-0.3, -0.25) is 0 Å². The summed E-state index contributed by atoms with van der Waals surface area (Å²) in [5.74, 6) is 1.85. The molecule has 1 N–H and O–H groups in total. The van der Waals surface area contributed by atoms with Crippen molar-refractivity contribution in [1.82, 2.24) is 10.2 Å². The van der Waals surface area contributed by atoms with Crippen molar-refractivity contribution in [2.75, 3.05) is 44.7 Å². The van der Waals surface area contributed by atoms with E-state index >= 15 is 0 Å². The van der Waals surface area contributed by atoms with Gasteiger partial charge in [-0.2, -0.15) is 0 Å². The minimum Gasteiger partial charge on any atom is -0.314 e. The smallest absolute Gasteiger partial charge is 0.148 e. The van der Waals surface area contributed by atoms with E-state index in [-0.39, 0.29) is 5.75 Å². The molecule has 0 aliphatic carbocycles. The zero-order valence-electron chi connectivity index (χ0n) is 11.3. The van der Waals surface area contributed by atoms with E-state index in [1.165, 1.54) is 25.8 Å². The lowest BCUT2D eigenvalue weighted by molar-refractivity contribution is 0.303. The Morgan fingerprint density at radius 3 is 2.59 bits per heavy atom. The second kappa shape index (κ2) is 6.71. The molecule has 1 atom stereocenters. The predicted octanol–water partition coefficient (Wildman–Crippen LogP) is 0.599. The van der Waals surface area contributed by atoms with Crippen LogP contribution in [0.2, 0.25) is 0 Å². The van der Waals surface area contributed by atoms with E-state index in [1.807, 2.05) is 0 Å². The van der Waals surface area contributed by atoms with Crippen molar-refractivity contribution in [2.45, 2.75) is 20.3 Å². The highest BCUT2D eigenvalue weighted by Gasteiger charge is 2.23. The van der Waals surface area contributed by atoms with E-state index in [4.69, 9.17) is 0 Å². The number of nitrogens with zero attached hydrogens (tertiary/aromatic N) is 1.